The Hall–Kier alpha value is -1.10. The zero-order valence-electron chi connectivity index (χ0n) is 8.03. The predicted octanol–water partition coefficient (Wildman–Crippen LogP) is 0.000700. The molecule has 2 N–H and O–H groups in total. The van der Waals surface area contributed by atoms with Crippen LogP contribution in [0.4, 0.5) is 0 Å². The van der Waals surface area contributed by atoms with Crippen molar-refractivity contribution >= 4 is 11.9 Å². The van der Waals surface area contributed by atoms with E-state index in [-0.39, 0.29) is 18.6 Å². The highest BCUT2D eigenvalue weighted by Gasteiger charge is 2.13. The highest BCUT2D eigenvalue weighted by molar-refractivity contribution is 5.78. The lowest BCUT2D eigenvalue weighted by molar-refractivity contribution is -0.150. The van der Waals surface area contributed by atoms with Crippen LogP contribution in [0, 0.1) is 0 Å². The molecule has 1 atom stereocenters. The van der Waals surface area contributed by atoms with Gasteiger partial charge in [-0.15, -0.1) is 0 Å². The Morgan fingerprint density at radius 1 is 1.38 bits per heavy atom. The van der Waals surface area contributed by atoms with Crippen LogP contribution in [0.5, 0.6) is 0 Å². The number of carboxylic acid groups (broad SMARTS) is 1. The number of amides is 1. The Morgan fingerprint density at radius 2 is 1.92 bits per heavy atom. The number of hydrogen-bond donors (Lipinski definition) is 2. The highest BCUT2D eigenvalue weighted by Crippen LogP contribution is 1.90. The quantitative estimate of drug-likeness (QED) is 0.638. The molecular formula is C8H15NO4. The highest BCUT2D eigenvalue weighted by atomic mass is 16.5. The summed E-state index contributed by atoms with van der Waals surface area (Å²) in [6, 6.07) is 0.0382. The average Bonchev–Trinajstić information content (AvgIpc) is 1.98. The van der Waals surface area contributed by atoms with E-state index >= 15 is 0 Å². The molecule has 0 rings (SSSR count). The number of carbonyl (C=O) groups is 2. The molecule has 5 nitrogen and oxygen atoms in total. The number of carbonyl (C=O) groups excluding carboxylic acids is 1. The van der Waals surface area contributed by atoms with E-state index in [1.165, 1.54) is 6.92 Å². The molecule has 0 aliphatic carbocycles. The molecule has 0 aromatic carbocycles. The van der Waals surface area contributed by atoms with Crippen LogP contribution in [0.2, 0.25) is 0 Å². The first-order valence-electron chi connectivity index (χ1n) is 4.07. The number of carboxylic acids is 1. The maximum atomic E-state index is 11.0. The number of rotatable bonds is 5. The minimum atomic E-state index is -1.07. The molecule has 1 unspecified atom stereocenters. The molecule has 0 heterocycles. The molecule has 0 aliphatic rings. The van der Waals surface area contributed by atoms with Crippen LogP contribution in [0.3, 0.4) is 0 Å². The minimum absolute atomic E-state index is 0.0382. The van der Waals surface area contributed by atoms with Crippen molar-refractivity contribution in [1.29, 1.82) is 0 Å². The lowest BCUT2D eigenvalue weighted by Gasteiger charge is -2.10. The first-order chi connectivity index (χ1) is 5.93. The van der Waals surface area contributed by atoms with Gasteiger partial charge in [0.05, 0.1) is 0 Å². The van der Waals surface area contributed by atoms with Gasteiger partial charge in [0, 0.05) is 6.04 Å². The van der Waals surface area contributed by atoms with Crippen LogP contribution in [0.1, 0.15) is 20.8 Å². The van der Waals surface area contributed by atoms with Crippen molar-refractivity contribution in [2.45, 2.75) is 32.9 Å². The van der Waals surface area contributed by atoms with E-state index in [2.05, 4.69) is 5.32 Å². The van der Waals surface area contributed by atoms with Crippen LogP contribution in [-0.4, -0.2) is 35.7 Å². The van der Waals surface area contributed by atoms with Gasteiger partial charge in [-0.05, 0) is 20.8 Å². The largest absolute Gasteiger partial charge is 0.479 e. The third kappa shape index (κ3) is 6.10. The van der Waals surface area contributed by atoms with Gasteiger partial charge < -0.3 is 15.2 Å². The standard InChI is InChI=1S/C8H15NO4/c1-5(2)9-7(10)4-13-6(3)8(11)12/h5-6H,4H2,1-3H3,(H,9,10)(H,11,12). The molecule has 0 radical (unpaired) electrons. The van der Waals surface area contributed by atoms with Gasteiger partial charge in [0.25, 0.3) is 0 Å². The Labute approximate surface area is 77.1 Å². The van der Waals surface area contributed by atoms with E-state index in [9.17, 15) is 9.59 Å². The Morgan fingerprint density at radius 3 is 2.31 bits per heavy atom. The molecule has 76 valence electrons. The first-order valence-corrected chi connectivity index (χ1v) is 4.07. The molecule has 1 amide bonds. The predicted molar refractivity (Wildman–Crippen MR) is 46.3 cm³/mol. The zero-order valence-corrected chi connectivity index (χ0v) is 8.03. The van der Waals surface area contributed by atoms with E-state index < -0.39 is 12.1 Å². The van der Waals surface area contributed by atoms with Crippen molar-refractivity contribution in [3.8, 4) is 0 Å². The van der Waals surface area contributed by atoms with E-state index in [1.807, 2.05) is 13.8 Å². The molecule has 0 saturated carbocycles. The second kappa shape index (κ2) is 5.53. The molecule has 5 heteroatoms. The smallest absolute Gasteiger partial charge is 0.332 e. The van der Waals surface area contributed by atoms with Gasteiger partial charge in [0.2, 0.25) is 5.91 Å². The number of hydrogen-bond acceptors (Lipinski definition) is 3. The maximum Gasteiger partial charge on any atom is 0.332 e. The van der Waals surface area contributed by atoms with Gasteiger partial charge in [-0.25, -0.2) is 4.79 Å². The molecule has 0 spiro atoms. The lowest BCUT2D eigenvalue weighted by Crippen LogP contribution is -2.35. The number of aliphatic carboxylic acids is 1. The van der Waals surface area contributed by atoms with Gasteiger partial charge in [-0.1, -0.05) is 0 Å². The van der Waals surface area contributed by atoms with Crippen molar-refractivity contribution < 1.29 is 19.4 Å². The summed E-state index contributed by atoms with van der Waals surface area (Å²) in [5.41, 5.74) is 0. The summed E-state index contributed by atoms with van der Waals surface area (Å²) in [6.07, 6.45) is -0.946. The van der Waals surface area contributed by atoms with E-state index in [0.717, 1.165) is 0 Å². The number of ether oxygens (including phenoxy) is 1. The van der Waals surface area contributed by atoms with Gasteiger partial charge in [0.15, 0.2) is 6.10 Å². The maximum absolute atomic E-state index is 11.0. The van der Waals surface area contributed by atoms with Gasteiger partial charge >= 0.3 is 5.97 Å². The molecule has 0 aromatic rings. The summed E-state index contributed by atoms with van der Waals surface area (Å²) < 4.78 is 4.75. The monoisotopic (exact) mass is 189 g/mol. The Kier molecular flexibility index (Phi) is 5.06. The fraction of sp³-hybridized carbons (Fsp3) is 0.750. The van der Waals surface area contributed by atoms with Crippen molar-refractivity contribution in [3.05, 3.63) is 0 Å². The molecule has 0 fully saturated rings. The van der Waals surface area contributed by atoms with Crippen molar-refractivity contribution in [2.24, 2.45) is 0 Å². The second-order valence-electron chi connectivity index (χ2n) is 3.01. The van der Waals surface area contributed by atoms with Crippen LogP contribution in [-0.2, 0) is 14.3 Å². The SMILES string of the molecule is CC(C)NC(=O)COC(C)C(=O)O. The lowest BCUT2D eigenvalue weighted by atomic mass is 10.4. The Bertz CT molecular complexity index is 191. The van der Waals surface area contributed by atoms with Gasteiger partial charge in [0.1, 0.15) is 6.61 Å². The summed E-state index contributed by atoms with van der Waals surface area (Å²) in [5, 5.41) is 11.0. The third-order valence-electron chi connectivity index (χ3n) is 1.26. The van der Waals surface area contributed by atoms with Crippen LogP contribution >= 0.6 is 0 Å². The molecular weight excluding hydrogens is 174 g/mol. The summed E-state index contributed by atoms with van der Waals surface area (Å²) >= 11 is 0. The van der Waals surface area contributed by atoms with Crippen molar-refractivity contribution in [1.82, 2.24) is 5.32 Å². The Balaban J connectivity index is 3.64. The van der Waals surface area contributed by atoms with Gasteiger partial charge in [-0.3, -0.25) is 4.79 Å². The summed E-state index contributed by atoms with van der Waals surface area (Å²) in [6.45, 7) is 4.80. The minimum Gasteiger partial charge on any atom is -0.479 e. The summed E-state index contributed by atoms with van der Waals surface area (Å²) in [7, 11) is 0. The topological polar surface area (TPSA) is 75.6 Å². The fourth-order valence-electron chi connectivity index (χ4n) is 0.636. The van der Waals surface area contributed by atoms with Gasteiger partial charge in [-0.2, -0.15) is 0 Å². The average molecular weight is 189 g/mol. The number of nitrogens with one attached hydrogen (secondary N) is 1. The fourth-order valence-corrected chi connectivity index (χ4v) is 0.636. The van der Waals surface area contributed by atoms with Crippen molar-refractivity contribution in [2.75, 3.05) is 6.61 Å². The first kappa shape index (κ1) is 11.9. The van der Waals surface area contributed by atoms with Crippen LogP contribution in [0.25, 0.3) is 0 Å². The molecule has 0 saturated heterocycles. The normalized spacial score (nSPS) is 12.6. The van der Waals surface area contributed by atoms with Crippen LogP contribution in [0.15, 0.2) is 0 Å². The summed E-state index contributed by atoms with van der Waals surface area (Å²) in [5.74, 6) is -1.37. The van der Waals surface area contributed by atoms with E-state index in [0.29, 0.717) is 0 Å². The summed E-state index contributed by atoms with van der Waals surface area (Å²) in [4.78, 5) is 21.2. The zero-order chi connectivity index (χ0) is 10.4. The third-order valence-corrected chi connectivity index (χ3v) is 1.26. The molecule has 0 bridgehead atoms. The molecule has 13 heavy (non-hydrogen) atoms. The van der Waals surface area contributed by atoms with Crippen LogP contribution < -0.4 is 5.32 Å². The molecule has 0 aromatic heterocycles. The second-order valence-corrected chi connectivity index (χ2v) is 3.01. The van der Waals surface area contributed by atoms with E-state index in [4.69, 9.17) is 9.84 Å². The van der Waals surface area contributed by atoms with Crippen molar-refractivity contribution in [3.63, 3.8) is 0 Å². The van der Waals surface area contributed by atoms with E-state index in [1.54, 1.807) is 0 Å². The molecule has 0 aliphatic heterocycles.